The van der Waals surface area contributed by atoms with Gasteiger partial charge in [0.25, 0.3) is 5.91 Å². The van der Waals surface area contributed by atoms with Crippen molar-refractivity contribution in [3.8, 4) is 0 Å². The fraction of sp³-hybridized carbons (Fsp3) is 0.529. The van der Waals surface area contributed by atoms with Crippen molar-refractivity contribution in [1.82, 2.24) is 20.2 Å². The lowest BCUT2D eigenvalue weighted by Crippen LogP contribution is -2.60. The maximum Gasteiger partial charge on any atom is 0.259 e. The van der Waals surface area contributed by atoms with E-state index >= 15 is 0 Å². The Labute approximate surface area is 142 Å². The molecule has 1 aromatic rings. The summed E-state index contributed by atoms with van der Waals surface area (Å²) >= 11 is 0. The second-order valence-electron chi connectivity index (χ2n) is 6.30. The van der Waals surface area contributed by atoms with Gasteiger partial charge in [0, 0.05) is 32.7 Å². The summed E-state index contributed by atoms with van der Waals surface area (Å²) in [6.07, 6.45) is 0. The number of piperazine rings is 1. The number of carbonyl (C=O) groups is 2. The van der Waals surface area contributed by atoms with Crippen LogP contribution in [-0.4, -0.2) is 79.1 Å². The van der Waals surface area contributed by atoms with Crippen LogP contribution in [0.2, 0.25) is 0 Å². The van der Waals surface area contributed by atoms with Crippen LogP contribution in [0.4, 0.5) is 0 Å². The number of ether oxygens (including phenoxy) is 1. The Morgan fingerprint density at radius 1 is 1.21 bits per heavy atom. The first-order valence-electron chi connectivity index (χ1n) is 8.28. The maximum atomic E-state index is 12.7. The van der Waals surface area contributed by atoms with E-state index < -0.39 is 6.04 Å². The summed E-state index contributed by atoms with van der Waals surface area (Å²) in [5, 5.41) is 1.92. The van der Waals surface area contributed by atoms with E-state index in [1.807, 2.05) is 35.3 Å². The van der Waals surface area contributed by atoms with Gasteiger partial charge in [0.2, 0.25) is 5.91 Å². The zero-order valence-corrected chi connectivity index (χ0v) is 14.0. The molecule has 3 rings (SSSR count). The summed E-state index contributed by atoms with van der Waals surface area (Å²) in [5.74, 6) is -0.327. The van der Waals surface area contributed by atoms with Gasteiger partial charge >= 0.3 is 0 Å². The van der Waals surface area contributed by atoms with Crippen LogP contribution in [0, 0.1) is 0 Å². The molecule has 7 nitrogen and oxygen atoms in total. The van der Waals surface area contributed by atoms with E-state index in [0.29, 0.717) is 6.54 Å². The zero-order chi connectivity index (χ0) is 16.9. The molecule has 1 atom stereocenters. The molecule has 24 heavy (non-hydrogen) atoms. The summed E-state index contributed by atoms with van der Waals surface area (Å²) in [4.78, 5) is 28.7. The first-order chi connectivity index (χ1) is 11.6. The van der Waals surface area contributed by atoms with Gasteiger partial charge in [-0.3, -0.25) is 15.0 Å². The minimum Gasteiger partial charge on any atom is -0.369 e. The third-order valence-electron chi connectivity index (χ3n) is 4.47. The minimum atomic E-state index is -0.592. The third-order valence-corrected chi connectivity index (χ3v) is 4.47. The topological polar surface area (TPSA) is 65.1 Å². The fourth-order valence-electron chi connectivity index (χ4n) is 2.95. The van der Waals surface area contributed by atoms with Gasteiger partial charge in [0.1, 0.15) is 12.6 Å². The van der Waals surface area contributed by atoms with E-state index in [1.165, 1.54) is 0 Å². The lowest BCUT2D eigenvalue weighted by molar-refractivity contribution is -0.157. The number of amides is 2. The van der Waals surface area contributed by atoms with Crippen LogP contribution in [0.15, 0.2) is 30.3 Å². The Bertz CT molecular complexity index is 572. The number of likely N-dealkylation sites (N-methyl/N-ethyl adjacent to an activating group) is 1. The number of nitrogens with one attached hydrogen (secondary N) is 1. The standard InChI is InChI=1S/C17H24N4O3/c1-19-7-9-20(10-8-19)18-17(23)15-12-24-13-16(22)21(15)11-14-5-3-2-4-6-14/h2-6,15H,7-13H2,1H3,(H,18,23). The number of nitrogens with zero attached hydrogens (tertiary/aromatic N) is 3. The van der Waals surface area contributed by atoms with Crippen LogP contribution in [0.25, 0.3) is 0 Å². The molecule has 0 spiro atoms. The van der Waals surface area contributed by atoms with Crippen LogP contribution in [-0.2, 0) is 20.9 Å². The van der Waals surface area contributed by atoms with Gasteiger partial charge in [0.05, 0.1) is 6.61 Å². The molecule has 2 saturated heterocycles. The smallest absolute Gasteiger partial charge is 0.259 e. The molecular weight excluding hydrogens is 308 g/mol. The predicted molar refractivity (Wildman–Crippen MR) is 88.8 cm³/mol. The Balaban J connectivity index is 1.64. The van der Waals surface area contributed by atoms with Crippen molar-refractivity contribution >= 4 is 11.8 Å². The van der Waals surface area contributed by atoms with Gasteiger partial charge in [-0.15, -0.1) is 0 Å². The molecule has 130 valence electrons. The maximum absolute atomic E-state index is 12.7. The molecule has 1 aromatic carbocycles. The molecule has 2 fully saturated rings. The van der Waals surface area contributed by atoms with E-state index in [9.17, 15) is 9.59 Å². The van der Waals surface area contributed by atoms with E-state index in [1.54, 1.807) is 4.90 Å². The molecule has 0 saturated carbocycles. The number of hydrazine groups is 1. The summed E-state index contributed by atoms with van der Waals surface area (Å²) in [6.45, 7) is 4.07. The molecule has 2 aliphatic rings. The SMILES string of the molecule is CN1CCN(NC(=O)C2COCC(=O)N2Cc2ccccc2)CC1. The lowest BCUT2D eigenvalue weighted by Gasteiger charge is -2.37. The lowest BCUT2D eigenvalue weighted by atomic mass is 10.1. The molecule has 0 bridgehead atoms. The van der Waals surface area contributed by atoms with Gasteiger partial charge in [-0.05, 0) is 12.6 Å². The first-order valence-corrected chi connectivity index (χ1v) is 8.28. The highest BCUT2D eigenvalue weighted by atomic mass is 16.5. The molecule has 1 N–H and O–H groups in total. The average Bonchev–Trinajstić information content (AvgIpc) is 2.59. The molecular formula is C17H24N4O3. The normalized spacial score (nSPS) is 23.3. The summed E-state index contributed by atoms with van der Waals surface area (Å²) < 4.78 is 5.31. The van der Waals surface area contributed by atoms with Crippen LogP contribution in [0.1, 0.15) is 5.56 Å². The molecule has 0 radical (unpaired) electrons. The second kappa shape index (κ2) is 7.74. The van der Waals surface area contributed by atoms with Crippen molar-refractivity contribution in [3.05, 3.63) is 35.9 Å². The van der Waals surface area contributed by atoms with E-state index in [4.69, 9.17) is 4.74 Å². The number of benzene rings is 1. The average molecular weight is 332 g/mol. The molecule has 2 amide bonds. The summed E-state index contributed by atoms with van der Waals surface area (Å²) in [6, 6.07) is 9.11. The highest BCUT2D eigenvalue weighted by Crippen LogP contribution is 2.14. The Morgan fingerprint density at radius 2 is 1.92 bits per heavy atom. The van der Waals surface area contributed by atoms with Crippen molar-refractivity contribution in [1.29, 1.82) is 0 Å². The summed E-state index contributed by atoms with van der Waals surface area (Å²) in [7, 11) is 2.06. The van der Waals surface area contributed by atoms with Crippen molar-refractivity contribution in [3.63, 3.8) is 0 Å². The van der Waals surface area contributed by atoms with Crippen molar-refractivity contribution in [2.24, 2.45) is 0 Å². The molecule has 0 aromatic heterocycles. The number of carbonyl (C=O) groups excluding carboxylic acids is 2. The number of morpholine rings is 1. The predicted octanol–water partition coefficient (Wildman–Crippen LogP) is -0.307. The van der Waals surface area contributed by atoms with Gasteiger partial charge in [-0.25, -0.2) is 5.01 Å². The molecule has 0 aliphatic carbocycles. The Hall–Kier alpha value is -1.96. The summed E-state index contributed by atoms with van der Waals surface area (Å²) in [5.41, 5.74) is 3.94. The van der Waals surface area contributed by atoms with Gasteiger partial charge < -0.3 is 14.5 Å². The van der Waals surface area contributed by atoms with Gasteiger partial charge in [-0.1, -0.05) is 30.3 Å². The molecule has 1 unspecified atom stereocenters. The monoisotopic (exact) mass is 332 g/mol. The van der Waals surface area contributed by atoms with E-state index in [2.05, 4.69) is 17.4 Å². The minimum absolute atomic E-state index is 0.0329. The van der Waals surface area contributed by atoms with Crippen LogP contribution < -0.4 is 5.43 Å². The largest absolute Gasteiger partial charge is 0.369 e. The zero-order valence-electron chi connectivity index (χ0n) is 14.0. The highest BCUT2D eigenvalue weighted by Gasteiger charge is 2.35. The van der Waals surface area contributed by atoms with Gasteiger partial charge in [0.15, 0.2) is 0 Å². The molecule has 2 aliphatic heterocycles. The van der Waals surface area contributed by atoms with Crippen molar-refractivity contribution in [2.75, 3.05) is 46.4 Å². The third kappa shape index (κ3) is 4.11. The second-order valence-corrected chi connectivity index (χ2v) is 6.30. The van der Waals surface area contributed by atoms with E-state index in [-0.39, 0.29) is 25.0 Å². The Morgan fingerprint density at radius 3 is 2.62 bits per heavy atom. The van der Waals surface area contributed by atoms with E-state index in [0.717, 1.165) is 31.7 Å². The van der Waals surface area contributed by atoms with Gasteiger partial charge in [-0.2, -0.15) is 0 Å². The van der Waals surface area contributed by atoms with Crippen LogP contribution >= 0.6 is 0 Å². The van der Waals surface area contributed by atoms with Crippen LogP contribution in [0.5, 0.6) is 0 Å². The van der Waals surface area contributed by atoms with Crippen LogP contribution in [0.3, 0.4) is 0 Å². The first kappa shape index (κ1) is 16.9. The fourth-order valence-corrected chi connectivity index (χ4v) is 2.95. The highest BCUT2D eigenvalue weighted by molar-refractivity contribution is 5.88. The molecule has 2 heterocycles. The Kier molecular flexibility index (Phi) is 5.44. The van der Waals surface area contributed by atoms with Crippen molar-refractivity contribution in [2.45, 2.75) is 12.6 Å². The van der Waals surface area contributed by atoms with Crippen molar-refractivity contribution < 1.29 is 14.3 Å². The quantitative estimate of drug-likeness (QED) is 0.820. The number of hydrogen-bond acceptors (Lipinski definition) is 5. The number of hydrogen-bond donors (Lipinski definition) is 1. The molecule has 7 heteroatoms. The number of rotatable bonds is 4.